The molecule has 1 aliphatic heterocycles. The third kappa shape index (κ3) is 5.19. The summed E-state index contributed by atoms with van der Waals surface area (Å²) in [6, 6.07) is 7.70. The Bertz CT molecular complexity index is 460. The molecule has 0 bridgehead atoms. The third-order valence-corrected chi connectivity index (χ3v) is 5.32. The van der Waals surface area contributed by atoms with E-state index in [-0.39, 0.29) is 12.5 Å². The van der Waals surface area contributed by atoms with Crippen LogP contribution in [-0.4, -0.2) is 77.9 Å². The maximum absolute atomic E-state index is 12.5. The highest BCUT2D eigenvalue weighted by Gasteiger charge is 2.21. The molecule has 1 aromatic carbocycles. The summed E-state index contributed by atoms with van der Waals surface area (Å²) in [5.74, 6) is 1.97. The van der Waals surface area contributed by atoms with Gasteiger partial charge in [-0.15, -0.1) is 11.8 Å². The fraction of sp³-hybridized carbons (Fsp3) is 0.562. The molecule has 1 N–H and O–H groups in total. The smallest absolute Gasteiger partial charge is 0.253 e. The monoisotopic (exact) mass is 340 g/mol. The molecule has 1 aliphatic rings. The Balaban J connectivity index is 1.84. The van der Waals surface area contributed by atoms with Crippen LogP contribution in [0.25, 0.3) is 0 Å². The Hall–Kier alpha value is -0.690. The van der Waals surface area contributed by atoms with Gasteiger partial charge in [-0.05, 0) is 30.5 Å². The zero-order valence-corrected chi connectivity index (χ0v) is 14.7. The van der Waals surface area contributed by atoms with Gasteiger partial charge in [0.25, 0.3) is 5.91 Å². The van der Waals surface area contributed by atoms with Gasteiger partial charge in [0, 0.05) is 54.7 Å². The molecule has 0 spiro atoms. The van der Waals surface area contributed by atoms with Gasteiger partial charge < -0.3 is 10.0 Å². The molecular formula is C16H24N2O2S2. The minimum atomic E-state index is 0.128. The van der Waals surface area contributed by atoms with Crippen molar-refractivity contribution in [3.8, 4) is 0 Å². The summed E-state index contributed by atoms with van der Waals surface area (Å²) >= 11 is 3.47. The van der Waals surface area contributed by atoms with Crippen molar-refractivity contribution in [3.63, 3.8) is 0 Å². The van der Waals surface area contributed by atoms with E-state index < -0.39 is 0 Å². The molecule has 0 unspecified atom stereocenters. The average molecular weight is 341 g/mol. The molecule has 6 heteroatoms. The Labute approximate surface area is 141 Å². The number of thioether (sulfide) groups is 2. The fourth-order valence-corrected chi connectivity index (χ4v) is 3.53. The van der Waals surface area contributed by atoms with Gasteiger partial charge in [0.1, 0.15) is 0 Å². The van der Waals surface area contributed by atoms with Crippen LogP contribution in [0.2, 0.25) is 0 Å². The molecule has 0 radical (unpaired) electrons. The SMILES string of the molecule is CSCCN1CCN(C(=O)c2ccc(SCCO)cc2)CC1. The topological polar surface area (TPSA) is 43.8 Å². The number of hydrogen-bond acceptors (Lipinski definition) is 5. The Morgan fingerprint density at radius 2 is 1.82 bits per heavy atom. The van der Waals surface area contributed by atoms with Crippen LogP contribution in [0.1, 0.15) is 10.4 Å². The predicted octanol–water partition coefficient (Wildman–Crippen LogP) is 1.89. The molecule has 22 heavy (non-hydrogen) atoms. The van der Waals surface area contributed by atoms with Gasteiger partial charge in [-0.3, -0.25) is 9.69 Å². The van der Waals surface area contributed by atoms with Crippen LogP contribution < -0.4 is 0 Å². The first-order chi connectivity index (χ1) is 10.7. The van der Waals surface area contributed by atoms with Gasteiger partial charge >= 0.3 is 0 Å². The van der Waals surface area contributed by atoms with E-state index >= 15 is 0 Å². The number of aliphatic hydroxyl groups is 1. The van der Waals surface area contributed by atoms with Gasteiger partial charge in [0.05, 0.1) is 6.61 Å². The fourth-order valence-electron chi connectivity index (χ4n) is 2.43. The quantitative estimate of drug-likeness (QED) is 0.768. The van der Waals surface area contributed by atoms with Crippen LogP contribution in [0.4, 0.5) is 0 Å². The van der Waals surface area contributed by atoms with Crippen molar-refractivity contribution in [2.75, 3.05) is 57.1 Å². The minimum Gasteiger partial charge on any atom is -0.396 e. The summed E-state index contributed by atoms with van der Waals surface area (Å²) in [6.07, 6.45) is 2.13. The van der Waals surface area contributed by atoms with Crippen molar-refractivity contribution in [1.82, 2.24) is 9.80 Å². The first-order valence-electron chi connectivity index (χ1n) is 7.59. The molecule has 0 aromatic heterocycles. The van der Waals surface area contributed by atoms with Crippen LogP contribution in [-0.2, 0) is 0 Å². The molecule has 0 aliphatic carbocycles. The summed E-state index contributed by atoms with van der Waals surface area (Å²) < 4.78 is 0. The van der Waals surface area contributed by atoms with Gasteiger partial charge in [-0.25, -0.2) is 0 Å². The molecule has 0 saturated carbocycles. The largest absolute Gasteiger partial charge is 0.396 e. The average Bonchev–Trinajstić information content (AvgIpc) is 2.58. The summed E-state index contributed by atoms with van der Waals surface area (Å²) in [5.41, 5.74) is 0.755. The second-order valence-electron chi connectivity index (χ2n) is 5.22. The van der Waals surface area contributed by atoms with E-state index in [1.54, 1.807) is 11.8 Å². The standard InChI is InChI=1S/C16H24N2O2S2/c1-21-12-10-17-6-8-18(9-7-17)16(20)14-2-4-15(5-3-14)22-13-11-19/h2-5,19H,6-13H2,1H3. The molecule has 1 aromatic rings. The lowest BCUT2D eigenvalue weighted by molar-refractivity contribution is 0.0644. The normalized spacial score (nSPS) is 16.0. The number of carbonyl (C=O) groups excluding carboxylic acids is 1. The van der Waals surface area contributed by atoms with Crippen molar-refractivity contribution >= 4 is 29.4 Å². The molecule has 1 saturated heterocycles. The van der Waals surface area contributed by atoms with Crippen molar-refractivity contribution in [3.05, 3.63) is 29.8 Å². The molecule has 122 valence electrons. The van der Waals surface area contributed by atoms with E-state index in [4.69, 9.17) is 5.11 Å². The second kappa shape index (κ2) is 9.45. The maximum atomic E-state index is 12.5. The van der Waals surface area contributed by atoms with E-state index in [1.807, 2.05) is 40.9 Å². The highest BCUT2D eigenvalue weighted by atomic mass is 32.2. The lowest BCUT2D eigenvalue weighted by atomic mass is 10.2. The third-order valence-electron chi connectivity index (χ3n) is 3.73. The minimum absolute atomic E-state index is 0.128. The van der Waals surface area contributed by atoms with Crippen molar-refractivity contribution in [1.29, 1.82) is 0 Å². The van der Waals surface area contributed by atoms with E-state index in [0.717, 1.165) is 48.9 Å². The second-order valence-corrected chi connectivity index (χ2v) is 7.38. The Morgan fingerprint density at radius 3 is 2.41 bits per heavy atom. The predicted molar refractivity (Wildman–Crippen MR) is 95.0 cm³/mol. The number of rotatable bonds is 7. The Kier molecular flexibility index (Phi) is 7.59. The van der Waals surface area contributed by atoms with E-state index in [9.17, 15) is 4.79 Å². The maximum Gasteiger partial charge on any atom is 0.253 e. The van der Waals surface area contributed by atoms with Crippen LogP contribution in [0, 0.1) is 0 Å². The number of piperazine rings is 1. The van der Waals surface area contributed by atoms with Gasteiger partial charge in [0.2, 0.25) is 0 Å². The first-order valence-corrected chi connectivity index (χ1v) is 9.97. The molecule has 1 fully saturated rings. The van der Waals surface area contributed by atoms with Crippen LogP contribution in [0.15, 0.2) is 29.2 Å². The number of benzene rings is 1. The lowest BCUT2D eigenvalue weighted by Gasteiger charge is -2.34. The van der Waals surface area contributed by atoms with E-state index in [1.165, 1.54) is 0 Å². The summed E-state index contributed by atoms with van der Waals surface area (Å²) in [5, 5.41) is 8.83. The van der Waals surface area contributed by atoms with Gasteiger partial charge in [-0.1, -0.05) is 0 Å². The van der Waals surface area contributed by atoms with E-state index in [0.29, 0.717) is 5.75 Å². The van der Waals surface area contributed by atoms with E-state index in [2.05, 4.69) is 11.2 Å². The molecule has 1 amide bonds. The molecular weight excluding hydrogens is 316 g/mol. The van der Waals surface area contributed by atoms with Crippen molar-refractivity contribution in [2.45, 2.75) is 4.90 Å². The molecule has 2 rings (SSSR count). The van der Waals surface area contributed by atoms with Crippen LogP contribution >= 0.6 is 23.5 Å². The summed E-state index contributed by atoms with van der Waals surface area (Å²) in [7, 11) is 0. The first kappa shape index (κ1) is 17.7. The number of nitrogens with zero attached hydrogens (tertiary/aromatic N) is 2. The lowest BCUT2D eigenvalue weighted by Crippen LogP contribution is -2.49. The van der Waals surface area contributed by atoms with Crippen LogP contribution in [0.3, 0.4) is 0 Å². The zero-order valence-electron chi connectivity index (χ0n) is 13.0. The van der Waals surface area contributed by atoms with Crippen molar-refractivity contribution < 1.29 is 9.90 Å². The number of carbonyl (C=O) groups is 1. The zero-order chi connectivity index (χ0) is 15.8. The summed E-state index contributed by atoms with van der Waals surface area (Å²) in [6.45, 7) is 4.85. The summed E-state index contributed by atoms with van der Waals surface area (Å²) in [4.78, 5) is 18.0. The van der Waals surface area contributed by atoms with Crippen LogP contribution in [0.5, 0.6) is 0 Å². The van der Waals surface area contributed by atoms with Crippen molar-refractivity contribution in [2.24, 2.45) is 0 Å². The molecule has 4 nitrogen and oxygen atoms in total. The highest BCUT2D eigenvalue weighted by Crippen LogP contribution is 2.19. The number of aliphatic hydroxyl groups excluding tert-OH is 1. The number of amides is 1. The molecule has 0 atom stereocenters. The Morgan fingerprint density at radius 1 is 1.14 bits per heavy atom. The van der Waals surface area contributed by atoms with Gasteiger partial charge in [0.15, 0.2) is 0 Å². The molecule has 1 heterocycles. The highest BCUT2D eigenvalue weighted by molar-refractivity contribution is 7.99. The number of hydrogen-bond donors (Lipinski definition) is 1. The van der Waals surface area contributed by atoms with Gasteiger partial charge in [-0.2, -0.15) is 11.8 Å².